The summed E-state index contributed by atoms with van der Waals surface area (Å²) in [5.41, 5.74) is 1.74. The molecular weight excluding hydrogens is 372 g/mol. The van der Waals surface area contributed by atoms with Gasteiger partial charge >= 0.3 is 0 Å². The van der Waals surface area contributed by atoms with Crippen LogP contribution in [0.4, 0.5) is 5.95 Å². The SMILES string of the molecule is CC(C)Nc1n[nH]c(-c2cn3c(n2)-c2ccc(Br)cc2OCC3)n1. The van der Waals surface area contributed by atoms with Gasteiger partial charge in [0.1, 0.15) is 23.9 Å². The third-order valence-corrected chi connectivity index (χ3v) is 4.19. The van der Waals surface area contributed by atoms with Crippen molar-refractivity contribution in [1.82, 2.24) is 24.7 Å². The fraction of sp³-hybridized carbons (Fsp3) is 0.312. The van der Waals surface area contributed by atoms with Crippen molar-refractivity contribution in [3.05, 3.63) is 28.9 Å². The van der Waals surface area contributed by atoms with Crippen LogP contribution in [0, 0.1) is 0 Å². The molecule has 1 aromatic carbocycles. The van der Waals surface area contributed by atoms with Crippen molar-refractivity contribution >= 4 is 21.9 Å². The van der Waals surface area contributed by atoms with E-state index in [0.29, 0.717) is 18.4 Å². The van der Waals surface area contributed by atoms with E-state index in [2.05, 4.69) is 41.0 Å². The number of fused-ring (bicyclic) bond motifs is 3. The van der Waals surface area contributed by atoms with E-state index < -0.39 is 0 Å². The Morgan fingerprint density at radius 2 is 2.21 bits per heavy atom. The molecule has 124 valence electrons. The van der Waals surface area contributed by atoms with Gasteiger partial charge in [-0.1, -0.05) is 15.9 Å². The van der Waals surface area contributed by atoms with Gasteiger partial charge in [-0.05, 0) is 32.0 Å². The molecule has 0 saturated carbocycles. The van der Waals surface area contributed by atoms with Gasteiger partial charge in [0.2, 0.25) is 5.95 Å². The molecule has 3 heterocycles. The van der Waals surface area contributed by atoms with E-state index in [1.807, 2.05) is 38.2 Å². The summed E-state index contributed by atoms with van der Waals surface area (Å²) in [5, 5.41) is 10.3. The topological polar surface area (TPSA) is 80.7 Å². The van der Waals surface area contributed by atoms with Crippen LogP contribution in [-0.2, 0) is 6.54 Å². The molecule has 1 aliphatic heterocycles. The molecule has 4 rings (SSSR count). The van der Waals surface area contributed by atoms with Gasteiger partial charge in [-0.2, -0.15) is 4.98 Å². The van der Waals surface area contributed by atoms with Gasteiger partial charge in [-0.15, -0.1) is 5.10 Å². The van der Waals surface area contributed by atoms with Crippen molar-refractivity contribution in [3.63, 3.8) is 0 Å². The number of benzene rings is 1. The van der Waals surface area contributed by atoms with Crippen molar-refractivity contribution < 1.29 is 4.74 Å². The molecular formula is C16H17BrN6O. The van der Waals surface area contributed by atoms with Crippen molar-refractivity contribution in [2.75, 3.05) is 11.9 Å². The summed E-state index contributed by atoms with van der Waals surface area (Å²) in [6.07, 6.45) is 1.98. The summed E-state index contributed by atoms with van der Waals surface area (Å²) < 4.78 is 8.90. The van der Waals surface area contributed by atoms with Crippen LogP contribution >= 0.6 is 15.9 Å². The van der Waals surface area contributed by atoms with Gasteiger partial charge in [-0.3, -0.25) is 5.10 Å². The summed E-state index contributed by atoms with van der Waals surface area (Å²) in [6.45, 7) is 5.43. The highest BCUT2D eigenvalue weighted by atomic mass is 79.9. The molecule has 2 N–H and O–H groups in total. The lowest BCUT2D eigenvalue weighted by atomic mass is 10.2. The number of H-pyrrole nitrogens is 1. The second-order valence-electron chi connectivity index (χ2n) is 5.94. The van der Waals surface area contributed by atoms with E-state index in [0.717, 1.165) is 33.8 Å². The molecule has 3 aromatic rings. The molecule has 7 nitrogen and oxygen atoms in total. The van der Waals surface area contributed by atoms with Gasteiger partial charge < -0.3 is 14.6 Å². The molecule has 0 saturated heterocycles. The Kier molecular flexibility index (Phi) is 3.76. The minimum atomic E-state index is 0.273. The number of hydrogen-bond acceptors (Lipinski definition) is 5. The summed E-state index contributed by atoms with van der Waals surface area (Å²) in [5.74, 6) is 2.94. The molecule has 0 amide bonds. The quantitative estimate of drug-likeness (QED) is 0.719. The lowest BCUT2D eigenvalue weighted by Gasteiger charge is -2.06. The van der Waals surface area contributed by atoms with Gasteiger partial charge in [0.05, 0.1) is 12.1 Å². The predicted octanol–water partition coefficient (Wildman–Crippen LogP) is 3.31. The predicted molar refractivity (Wildman–Crippen MR) is 95.0 cm³/mol. The zero-order chi connectivity index (χ0) is 16.7. The van der Waals surface area contributed by atoms with E-state index in [1.54, 1.807) is 0 Å². The first-order chi connectivity index (χ1) is 11.6. The zero-order valence-corrected chi connectivity index (χ0v) is 15.0. The third-order valence-electron chi connectivity index (χ3n) is 3.70. The van der Waals surface area contributed by atoms with Crippen LogP contribution in [0.15, 0.2) is 28.9 Å². The first-order valence-electron chi connectivity index (χ1n) is 7.79. The van der Waals surface area contributed by atoms with E-state index in [4.69, 9.17) is 9.72 Å². The number of ether oxygens (including phenoxy) is 1. The smallest absolute Gasteiger partial charge is 0.242 e. The average Bonchev–Trinajstić information content (AvgIpc) is 3.11. The second kappa shape index (κ2) is 5.94. The maximum absolute atomic E-state index is 5.83. The number of rotatable bonds is 3. The van der Waals surface area contributed by atoms with Gasteiger partial charge in [0.15, 0.2) is 5.82 Å². The minimum Gasteiger partial charge on any atom is -0.491 e. The second-order valence-corrected chi connectivity index (χ2v) is 6.85. The molecule has 0 atom stereocenters. The number of aromatic amines is 1. The molecule has 8 heteroatoms. The molecule has 0 fully saturated rings. The van der Waals surface area contributed by atoms with Crippen molar-refractivity contribution in [3.8, 4) is 28.7 Å². The molecule has 0 bridgehead atoms. The number of nitrogens with zero attached hydrogens (tertiary/aromatic N) is 4. The molecule has 0 radical (unpaired) electrons. The average molecular weight is 389 g/mol. The van der Waals surface area contributed by atoms with E-state index >= 15 is 0 Å². The number of anilines is 1. The molecule has 0 aliphatic carbocycles. The number of halogens is 1. The zero-order valence-electron chi connectivity index (χ0n) is 13.4. The monoisotopic (exact) mass is 388 g/mol. The maximum Gasteiger partial charge on any atom is 0.242 e. The first kappa shape index (κ1) is 15.2. The number of hydrogen-bond donors (Lipinski definition) is 2. The van der Waals surface area contributed by atoms with Crippen LogP contribution in [0.3, 0.4) is 0 Å². The van der Waals surface area contributed by atoms with Crippen molar-refractivity contribution in [2.24, 2.45) is 0 Å². The summed E-state index contributed by atoms with van der Waals surface area (Å²) in [4.78, 5) is 9.22. The third kappa shape index (κ3) is 2.77. The summed E-state index contributed by atoms with van der Waals surface area (Å²) >= 11 is 3.48. The van der Waals surface area contributed by atoms with Gasteiger partial charge in [-0.25, -0.2) is 4.98 Å². The number of nitrogens with one attached hydrogen (secondary N) is 2. The Balaban J connectivity index is 1.74. The summed E-state index contributed by atoms with van der Waals surface area (Å²) in [6, 6.07) is 6.25. The Morgan fingerprint density at radius 3 is 3.04 bits per heavy atom. The molecule has 0 spiro atoms. The standard InChI is InChI=1S/C16H17BrN6O/c1-9(2)18-16-20-14(21-22-16)12-8-23-5-6-24-13-7-10(17)3-4-11(13)15(23)19-12/h3-4,7-9H,5-6H2,1-2H3,(H2,18,20,21,22). The Labute approximate surface area is 147 Å². The largest absolute Gasteiger partial charge is 0.491 e. The fourth-order valence-corrected chi connectivity index (χ4v) is 3.01. The molecule has 0 unspecified atom stereocenters. The van der Waals surface area contributed by atoms with Crippen molar-refractivity contribution in [2.45, 2.75) is 26.4 Å². The molecule has 24 heavy (non-hydrogen) atoms. The van der Waals surface area contributed by atoms with E-state index in [1.165, 1.54) is 0 Å². The normalized spacial score (nSPS) is 13.2. The molecule has 1 aliphatic rings. The summed E-state index contributed by atoms with van der Waals surface area (Å²) in [7, 11) is 0. The molecule has 2 aromatic heterocycles. The highest BCUT2D eigenvalue weighted by Gasteiger charge is 2.20. The van der Waals surface area contributed by atoms with E-state index in [9.17, 15) is 0 Å². The van der Waals surface area contributed by atoms with Crippen LogP contribution in [0.25, 0.3) is 22.9 Å². The highest BCUT2D eigenvalue weighted by Crippen LogP contribution is 2.35. The van der Waals surface area contributed by atoms with Crippen molar-refractivity contribution in [1.29, 1.82) is 0 Å². The highest BCUT2D eigenvalue weighted by molar-refractivity contribution is 9.10. The minimum absolute atomic E-state index is 0.273. The first-order valence-corrected chi connectivity index (χ1v) is 8.58. The van der Waals surface area contributed by atoms with Gasteiger partial charge in [0, 0.05) is 16.7 Å². The van der Waals surface area contributed by atoms with Crippen LogP contribution in [0.2, 0.25) is 0 Å². The lowest BCUT2D eigenvalue weighted by Crippen LogP contribution is -2.10. The van der Waals surface area contributed by atoms with Crippen LogP contribution < -0.4 is 10.1 Å². The fourth-order valence-electron chi connectivity index (χ4n) is 2.67. The van der Waals surface area contributed by atoms with Gasteiger partial charge in [0.25, 0.3) is 0 Å². The van der Waals surface area contributed by atoms with E-state index in [-0.39, 0.29) is 6.04 Å². The maximum atomic E-state index is 5.83. The Hall–Kier alpha value is -2.35. The van der Waals surface area contributed by atoms with Crippen LogP contribution in [0.1, 0.15) is 13.8 Å². The lowest BCUT2D eigenvalue weighted by molar-refractivity contribution is 0.306. The Bertz CT molecular complexity index is 885. The van der Waals surface area contributed by atoms with Crippen LogP contribution in [-0.4, -0.2) is 37.4 Å². The van der Waals surface area contributed by atoms with Crippen LogP contribution in [0.5, 0.6) is 5.75 Å². The number of imidazole rings is 1. The number of aromatic nitrogens is 5. The Morgan fingerprint density at radius 1 is 1.33 bits per heavy atom.